The van der Waals surface area contributed by atoms with Gasteiger partial charge >= 0.3 is 6.03 Å². The number of anilines is 1. The van der Waals surface area contributed by atoms with Crippen LogP contribution in [-0.2, 0) is 4.84 Å². The molecule has 0 unspecified atom stereocenters. The second-order valence-electron chi connectivity index (χ2n) is 2.09. The fourth-order valence-electron chi connectivity index (χ4n) is 0.653. The van der Waals surface area contributed by atoms with Crippen molar-refractivity contribution >= 4 is 22.6 Å². The lowest BCUT2D eigenvalue weighted by Crippen LogP contribution is -2.26. The first kappa shape index (κ1) is 8.95. The van der Waals surface area contributed by atoms with Gasteiger partial charge < -0.3 is 0 Å². The summed E-state index contributed by atoms with van der Waals surface area (Å²) >= 11 is 1.23. The Balaban J connectivity index is 2.46. The maximum Gasteiger partial charge on any atom is 0.343 e. The van der Waals surface area contributed by atoms with E-state index in [0.29, 0.717) is 5.00 Å². The quantitative estimate of drug-likeness (QED) is 0.682. The zero-order chi connectivity index (χ0) is 8.97. The van der Waals surface area contributed by atoms with E-state index in [2.05, 4.69) is 20.0 Å². The minimum absolute atomic E-state index is 0.402. The number of amides is 2. The number of hydrogen-bond acceptors (Lipinski definition) is 4. The first-order chi connectivity index (χ1) is 5.72. The predicted molar refractivity (Wildman–Crippen MR) is 46.0 cm³/mol. The fraction of sp³-hybridized carbons (Fsp3) is 0.333. The molecule has 0 aromatic carbocycles. The standard InChI is InChI=1S/C6H9N3O2S/c1-4-3-5(12-9-4)7-6(10)8-11-2/h3H,1-2H3,(H2,7,8,10). The van der Waals surface area contributed by atoms with Gasteiger partial charge in [0.05, 0.1) is 12.8 Å². The van der Waals surface area contributed by atoms with Crippen molar-refractivity contribution in [2.75, 3.05) is 12.4 Å². The number of hydroxylamine groups is 1. The molecule has 1 rings (SSSR count). The highest BCUT2D eigenvalue weighted by Crippen LogP contribution is 2.14. The topological polar surface area (TPSA) is 63.2 Å². The number of rotatable bonds is 2. The average Bonchev–Trinajstić information content (AvgIpc) is 2.36. The van der Waals surface area contributed by atoms with Crippen LogP contribution in [0.25, 0.3) is 0 Å². The number of carbonyl (C=O) groups is 1. The Morgan fingerprint density at radius 1 is 1.75 bits per heavy atom. The van der Waals surface area contributed by atoms with Crippen LogP contribution in [0.3, 0.4) is 0 Å². The van der Waals surface area contributed by atoms with Gasteiger partial charge in [-0.1, -0.05) is 0 Å². The molecule has 0 saturated heterocycles. The number of hydrogen-bond donors (Lipinski definition) is 2. The van der Waals surface area contributed by atoms with Crippen LogP contribution in [0.4, 0.5) is 9.80 Å². The molecular weight excluding hydrogens is 178 g/mol. The lowest BCUT2D eigenvalue weighted by atomic mass is 10.5. The first-order valence-electron chi connectivity index (χ1n) is 3.25. The van der Waals surface area contributed by atoms with Gasteiger partial charge in [-0.15, -0.1) is 0 Å². The molecule has 5 nitrogen and oxygen atoms in total. The van der Waals surface area contributed by atoms with Crippen LogP contribution in [0, 0.1) is 6.92 Å². The Bertz CT molecular complexity index is 274. The number of aromatic nitrogens is 1. The first-order valence-corrected chi connectivity index (χ1v) is 4.03. The molecule has 2 amide bonds. The van der Waals surface area contributed by atoms with Crippen LogP contribution in [0.15, 0.2) is 6.07 Å². The van der Waals surface area contributed by atoms with Gasteiger partial charge in [0.25, 0.3) is 0 Å². The van der Waals surface area contributed by atoms with Crippen molar-refractivity contribution in [3.05, 3.63) is 11.8 Å². The van der Waals surface area contributed by atoms with E-state index in [4.69, 9.17) is 0 Å². The Morgan fingerprint density at radius 3 is 3.00 bits per heavy atom. The van der Waals surface area contributed by atoms with Gasteiger partial charge in [0.2, 0.25) is 0 Å². The van der Waals surface area contributed by atoms with E-state index in [9.17, 15) is 4.79 Å². The molecule has 0 saturated carbocycles. The highest BCUT2D eigenvalue weighted by Gasteiger charge is 2.02. The van der Waals surface area contributed by atoms with Crippen molar-refractivity contribution in [2.45, 2.75) is 6.92 Å². The lowest BCUT2D eigenvalue weighted by molar-refractivity contribution is 0.114. The van der Waals surface area contributed by atoms with E-state index < -0.39 is 6.03 Å². The summed E-state index contributed by atoms with van der Waals surface area (Å²) in [6.07, 6.45) is 0. The van der Waals surface area contributed by atoms with Crippen molar-refractivity contribution in [1.29, 1.82) is 0 Å². The second kappa shape index (κ2) is 4.03. The summed E-state index contributed by atoms with van der Waals surface area (Å²) in [5, 5.41) is 3.24. The lowest BCUT2D eigenvalue weighted by Gasteiger charge is -2.00. The summed E-state index contributed by atoms with van der Waals surface area (Å²) in [4.78, 5) is 15.3. The van der Waals surface area contributed by atoms with E-state index >= 15 is 0 Å². The minimum Gasteiger partial charge on any atom is -0.296 e. The number of urea groups is 1. The Morgan fingerprint density at radius 2 is 2.50 bits per heavy atom. The minimum atomic E-state index is -0.402. The highest BCUT2D eigenvalue weighted by molar-refractivity contribution is 7.10. The summed E-state index contributed by atoms with van der Waals surface area (Å²) in [5.41, 5.74) is 3.01. The molecule has 12 heavy (non-hydrogen) atoms. The molecule has 0 aliphatic carbocycles. The monoisotopic (exact) mass is 187 g/mol. The van der Waals surface area contributed by atoms with Crippen molar-refractivity contribution < 1.29 is 9.63 Å². The summed E-state index contributed by atoms with van der Waals surface area (Å²) in [6.45, 7) is 1.86. The highest BCUT2D eigenvalue weighted by atomic mass is 32.1. The number of aryl methyl sites for hydroxylation is 1. The van der Waals surface area contributed by atoms with E-state index in [0.717, 1.165) is 5.69 Å². The van der Waals surface area contributed by atoms with Crippen molar-refractivity contribution in [1.82, 2.24) is 9.85 Å². The van der Waals surface area contributed by atoms with Gasteiger partial charge in [-0.2, -0.15) is 4.37 Å². The molecule has 0 atom stereocenters. The van der Waals surface area contributed by atoms with E-state index in [1.807, 2.05) is 6.92 Å². The molecule has 1 aromatic heterocycles. The summed E-state index contributed by atoms with van der Waals surface area (Å²) in [7, 11) is 1.37. The summed E-state index contributed by atoms with van der Waals surface area (Å²) in [5.74, 6) is 0. The molecule has 0 bridgehead atoms. The number of nitrogens with one attached hydrogen (secondary N) is 2. The maximum absolute atomic E-state index is 10.9. The van der Waals surface area contributed by atoms with Crippen molar-refractivity contribution in [2.24, 2.45) is 0 Å². The molecule has 0 fully saturated rings. The van der Waals surface area contributed by atoms with Gasteiger partial charge in [-0.3, -0.25) is 10.2 Å². The number of carbonyl (C=O) groups excluding carboxylic acids is 1. The third-order valence-electron chi connectivity index (χ3n) is 1.06. The van der Waals surface area contributed by atoms with Crippen LogP contribution < -0.4 is 10.8 Å². The van der Waals surface area contributed by atoms with Crippen LogP contribution in [0.5, 0.6) is 0 Å². The normalized spacial score (nSPS) is 9.50. The fourth-order valence-corrected chi connectivity index (χ4v) is 1.31. The Hall–Kier alpha value is -1.14. The third-order valence-corrected chi connectivity index (χ3v) is 1.86. The molecule has 66 valence electrons. The van der Waals surface area contributed by atoms with E-state index in [1.54, 1.807) is 6.07 Å². The smallest absolute Gasteiger partial charge is 0.296 e. The number of nitrogens with zero attached hydrogens (tertiary/aromatic N) is 1. The van der Waals surface area contributed by atoms with Crippen LogP contribution in [0.1, 0.15) is 5.69 Å². The molecule has 1 aromatic rings. The van der Waals surface area contributed by atoms with Gasteiger partial charge in [-0.25, -0.2) is 10.3 Å². The van der Waals surface area contributed by atoms with Crippen LogP contribution >= 0.6 is 11.5 Å². The van der Waals surface area contributed by atoms with E-state index in [-0.39, 0.29) is 0 Å². The molecule has 0 aliphatic heterocycles. The Labute approximate surface area is 73.9 Å². The van der Waals surface area contributed by atoms with E-state index in [1.165, 1.54) is 18.6 Å². The van der Waals surface area contributed by atoms with Crippen molar-refractivity contribution in [3.8, 4) is 0 Å². The maximum atomic E-state index is 10.9. The van der Waals surface area contributed by atoms with Gasteiger partial charge in [0.1, 0.15) is 5.00 Å². The largest absolute Gasteiger partial charge is 0.343 e. The molecule has 0 spiro atoms. The van der Waals surface area contributed by atoms with Crippen LogP contribution in [-0.4, -0.2) is 17.5 Å². The molecule has 1 heterocycles. The average molecular weight is 187 g/mol. The zero-order valence-electron chi connectivity index (χ0n) is 6.75. The Kier molecular flexibility index (Phi) is 3.01. The predicted octanol–water partition coefficient (Wildman–Crippen LogP) is 1.13. The second-order valence-corrected chi connectivity index (χ2v) is 2.90. The van der Waals surface area contributed by atoms with Gasteiger partial charge in [-0.05, 0) is 24.5 Å². The molecular formula is C6H9N3O2S. The molecule has 0 aliphatic rings. The third kappa shape index (κ3) is 2.48. The molecule has 0 radical (unpaired) electrons. The summed E-state index contributed by atoms with van der Waals surface area (Å²) < 4.78 is 3.99. The van der Waals surface area contributed by atoms with Crippen LogP contribution in [0.2, 0.25) is 0 Å². The van der Waals surface area contributed by atoms with Gasteiger partial charge in [0, 0.05) is 0 Å². The van der Waals surface area contributed by atoms with Gasteiger partial charge in [0.15, 0.2) is 0 Å². The zero-order valence-corrected chi connectivity index (χ0v) is 7.57. The van der Waals surface area contributed by atoms with Crippen molar-refractivity contribution in [3.63, 3.8) is 0 Å². The molecule has 2 N–H and O–H groups in total. The molecule has 6 heteroatoms. The summed E-state index contributed by atoms with van der Waals surface area (Å²) in [6, 6.07) is 1.38. The SMILES string of the molecule is CONC(=O)Nc1cc(C)ns1.